The van der Waals surface area contributed by atoms with Crippen molar-refractivity contribution in [3.05, 3.63) is 26.5 Å². The molecule has 0 aromatic heterocycles. The van der Waals surface area contributed by atoms with Crippen molar-refractivity contribution in [2.45, 2.75) is 12.6 Å². The van der Waals surface area contributed by atoms with Crippen LogP contribution in [0.5, 0.6) is 0 Å². The molecule has 0 saturated heterocycles. The van der Waals surface area contributed by atoms with E-state index in [1.165, 1.54) is 7.05 Å². The Morgan fingerprint density at radius 2 is 1.93 bits per heavy atom. The number of rotatable bonds is 3. The smallest absolute Gasteiger partial charge is 0.371 e. The first kappa shape index (κ1) is 10.7. The van der Waals surface area contributed by atoms with Gasteiger partial charge in [0.05, 0.1) is 12.1 Å². The number of alkyl halides is 3. The average Bonchev–Trinajstić information content (AvgIpc) is 2.08. The monoisotopic (exact) mass is 207 g/mol. The van der Waals surface area contributed by atoms with Crippen LogP contribution < -0.4 is 15.8 Å². The second kappa shape index (κ2) is 3.43. The van der Waals surface area contributed by atoms with Gasteiger partial charge in [0.1, 0.15) is 0 Å². The van der Waals surface area contributed by atoms with E-state index in [1.54, 1.807) is 0 Å². The van der Waals surface area contributed by atoms with Gasteiger partial charge in [-0.1, -0.05) is 0 Å². The minimum atomic E-state index is -4.24. The van der Waals surface area contributed by atoms with E-state index in [4.69, 9.17) is 0 Å². The average molecular weight is 207 g/mol. The molecule has 14 heavy (non-hydrogen) atoms. The molecule has 1 aromatic carbocycles. The van der Waals surface area contributed by atoms with E-state index in [2.05, 4.69) is 0 Å². The summed E-state index contributed by atoms with van der Waals surface area (Å²) in [6, 6.07) is 1.04. The summed E-state index contributed by atoms with van der Waals surface area (Å²) in [5.41, 5.74) is -1.31. The Morgan fingerprint density at radius 1 is 1.36 bits per heavy atom. The van der Waals surface area contributed by atoms with Gasteiger partial charge in [-0.25, -0.2) is 0 Å². The number of halogens is 3. The van der Waals surface area contributed by atoms with Crippen LogP contribution in [0.15, 0.2) is 15.7 Å². The fourth-order valence-corrected chi connectivity index (χ4v) is 1.00. The first-order chi connectivity index (χ1) is 6.31. The topological polar surface area (TPSA) is 37.4 Å². The molecule has 0 unspecified atom stereocenters. The van der Waals surface area contributed by atoms with Crippen molar-refractivity contribution in [2.75, 3.05) is 18.5 Å². The molecule has 78 valence electrons. The Kier molecular flexibility index (Phi) is 2.64. The Labute approximate surface area is 77.4 Å². The van der Waals surface area contributed by atoms with E-state index in [0.717, 1.165) is 11.0 Å². The molecule has 0 saturated carbocycles. The third-order valence-corrected chi connectivity index (χ3v) is 1.87. The molecule has 0 bridgehead atoms. The van der Waals surface area contributed by atoms with Crippen LogP contribution in [0.1, 0.15) is 6.42 Å². The van der Waals surface area contributed by atoms with E-state index >= 15 is 0 Å². The largest absolute Gasteiger partial charge is 0.390 e. The summed E-state index contributed by atoms with van der Waals surface area (Å²) in [7, 11) is 1.35. The second-order valence-corrected chi connectivity index (χ2v) is 3.01. The van der Waals surface area contributed by atoms with E-state index in [0.29, 0.717) is 0 Å². The number of anilines is 1. The summed E-state index contributed by atoms with van der Waals surface area (Å²) < 4.78 is 35.3. The minimum absolute atomic E-state index is 0.0549. The molecule has 0 atom stereocenters. The SMILES string of the molecule is CN(CCC(F)(F)F)c1cc(=O)c1=O. The van der Waals surface area contributed by atoms with Gasteiger partial charge in [0.2, 0.25) is 10.9 Å². The fraction of sp³-hybridized carbons (Fsp3) is 0.500. The highest BCUT2D eigenvalue weighted by molar-refractivity contribution is 5.49. The molecule has 0 fully saturated rings. The first-order valence-corrected chi connectivity index (χ1v) is 3.89. The number of nitrogens with zero attached hydrogens (tertiary/aromatic N) is 1. The van der Waals surface area contributed by atoms with Crippen LogP contribution >= 0.6 is 0 Å². The second-order valence-electron chi connectivity index (χ2n) is 3.01. The molecule has 0 aliphatic carbocycles. The van der Waals surface area contributed by atoms with Crippen LogP contribution in [-0.4, -0.2) is 19.8 Å². The highest BCUT2D eigenvalue weighted by Gasteiger charge is 2.28. The maximum Gasteiger partial charge on any atom is 0.390 e. The van der Waals surface area contributed by atoms with Gasteiger partial charge in [0.25, 0.3) is 0 Å². The molecule has 0 radical (unpaired) electrons. The molecular formula is C8H8F3NO2. The lowest BCUT2D eigenvalue weighted by Gasteiger charge is -2.19. The molecular weight excluding hydrogens is 199 g/mol. The van der Waals surface area contributed by atoms with Gasteiger partial charge in [-0.3, -0.25) is 9.59 Å². The Bertz CT molecular complexity index is 389. The summed E-state index contributed by atoms with van der Waals surface area (Å²) in [5, 5.41) is 0. The summed E-state index contributed by atoms with van der Waals surface area (Å²) in [6.45, 7) is -0.311. The molecule has 3 nitrogen and oxygen atoms in total. The van der Waals surface area contributed by atoms with Gasteiger partial charge in [-0.15, -0.1) is 0 Å². The van der Waals surface area contributed by atoms with Gasteiger partial charge < -0.3 is 4.90 Å². The highest BCUT2D eigenvalue weighted by atomic mass is 19.4. The lowest BCUT2D eigenvalue weighted by molar-refractivity contribution is -0.132. The van der Waals surface area contributed by atoms with E-state index in [9.17, 15) is 22.8 Å². The normalized spacial score (nSPS) is 12.0. The van der Waals surface area contributed by atoms with E-state index in [1.807, 2.05) is 0 Å². The zero-order valence-electron chi connectivity index (χ0n) is 7.39. The van der Waals surface area contributed by atoms with Crippen molar-refractivity contribution < 1.29 is 13.2 Å². The van der Waals surface area contributed by atoms with Crippen LogP contribution in [0.25, 0.3) is 0 Å². The van der Waals surface area contributed by atoms with Gasteiger partial charge in [0.15, 0.2) is 0 Å². The Morgan fingerprint density at radius 3 is 2.29 bits per heavy atom. The van der Waals surface area contributed by atoms with Crippen LogP contribution in [0.4, 0.5) is 18.9 Å². The summed E-state index contributed by atoms with van der Waals surface area (Å²) >= 11 is 0. The van der Waals surface area contributed by atoms with E-state index in [-0.39, 0.29) is 12.2 Å². The highest BCUT2D eigenvalue weighted by Crippen LogP contribution is 2.20. The summed E-state index contributed by atoms with van der Waals surface area (Å²) in [5.74, 6) is 0. The lowest BCUT2D eigenvalue weighted by atomic mass is 10.2. The van der Waals surface area contributed by atoms with Gasteiger partial charge in [-0.05, 0) is 0 Å². The van der Waals surface area contributed by atoms with Crippen molar-refractivity contribution in [1.82, 2.24) is 0 Å². The van der Waals surface area contributed by atoms with Crippen LogP contribution in [0.2, 0.25) is 0 Å². The molecule has 0 spiro atoms. The van der Waals surface area contributed by atoms with Crippen molar-refractivity contribution in [3.63, 3.8) is 0 Å². The van der Waals surface area contributed by atoms with E-state index < -0.39 is 23.5 Å². The third kappa shape index (κ3) is 2.34. The molecule has 1 rings (SSSR count). The van der Waals surface area contributed by atoms with Crippen LogP contribution in [-0.2, 0) is 0 Å². The minimum Gasteiger partial charge on any atom is -0.371 e. The zero-order chi connectivity index (χ0) is 10.9. The van der Waals surface area contributed by atoms with Crippen molar-refractivity contribution in [3.8, 4) is 0 Å². The molecule has 0 aliphatic rings. The quantitative estimate of drug-likeness (QED) is 0.683. The zero-order valence-corrected chi connectivity index (χ0v) is 7.39. The Balaban J connectivity index is 2.54. The number of hydrogen-bond acceptors (Lipinski definition) is 3. The molecule has 6 heteroatoms. The standard InChI is InChI=1S/C8H8F3NO2/c1-12(3-2-8(9,10)11)5-4-6(13)7(5)14/h4H,2-3H2,1H3. The maximum absolute atomic E-state index is 11.8. The third-order valence-electron chi connectivity index (χ3n) is 1.87. The molecule has 1 aromatic rings. The predicted molar refractivity (Wildman–Crippen MR) is 45.3 cm³/mol. The molecule has 0 aliphatic heterocycles. The van der Waals surface area contributed by atoms with Crippen LogP contribution in [0, 0.1) is 0 Å². The first-order valence-electron chi connectivity index (χ1n) is 3.89. The van der Waals surface area contributed by atoms with Crippen LogP contribution in [0.3, 0.4) is 0 Å². The number of hydrogen-bond donors (Lipinski definition) is 0. The molecule has 0 N–H and O–H groups in total. The van der Waals surface area contributed by atoms with Gasteiger partial charge in [0, 0.05) is 19.7 Å². The van der Waals surface area contributed by atoms with Crippen molar-refractivity contribution in [2.24, 2.45) is 0 Å². The van der Waals surface area contributed by atoms with Gasteiger partial charge in [-0.2, -0.15) is 13.2 Å². The predicted octanol–water partition coefficient (Wildman–Crippen LogP) is 0.671. The molecule has 0 heterocycles. The van der Waals surface area contributed by atoms with Crippen molar-refractivity contribution in [1.29, 1.82) is 0 Å². The lowest BCUT2D eigenvalue weighted by Crippen LogP contribution is -2.38. The summed E-state index contributed by atoms with van der Waals surface area (Å²) in [6.07, 6.45) is -5.24. The summed E-state index contributed by atoms with van der Waals surface area (Å²) in [4.78, 5) is 22.4. The van der Waals surface area contributed by atoms with Gasteiger partial charge >= 0.3 is 6.18 Å². The Hall–Kier alpha value is -1.33. The fourth-order valence-electron chi connectivity index (χ4n) is 1.00. The molecule has 0 amide bonds. The van der Waals surface area contributed by atoms with Crippen molar-refractivity contribution >= 4 is 5.69 Å². The maximum atomic E-state index is 11.8.